The summed E-state index contributed by atoms with van der Waals surface area (Å²) in [5.41, 5.74) is 0.883. The first-order valence-electron chi connectivity index (χ1n) is 6.14. The van der Waals surface area contributed by atoms with Crippen LogP contribution in [0.3, 0.4) is 0 Å². The Hall–Kier alpha value is -1.27. The van der Waals surface area contributed by atoms with Gasteiger partial charge in [-0.25, -0.2) is 9.37 Å². The van der Waals surface area contributed by atoms with Crippen LogP contribution in [0.15, 0.2) is 29.0 Å². The zero-order valence-corrected chi connectivity index (χ0v) is 12.5. The molecule has 0 saturated carbocycles. The molecule has 2 aromatic rings. The van der Waals surface area contributed by atoms with Crippen LogP contribution in [-0.2, 0) is 13.0 Å². The maximum Gasteiger partial charge on any atom is 0.138 e. The van der Waals surface area contributed by atoms with Crippen LogP contribution in [0.1, 0.15) is 24.4 Å². The van der Waals surface area contributed by atoms with Crippen LogP contribution in [0.2, 0.25) is 0 Å². The standard InChI is InChI=1S/C13H16BrFN4/c1-3-19-13(17-8-18-19)7-12(16-2)10-6-9(15)4-5-11(10)14/h4-6,8,12,16H,3,7H2,1-2H3. The molecule has 1 aromatic heterocycles. The van der Waals surface area contributed by atoms with E-state index < -0.39 is 0 Å². The maximum atomic E-state index is 13.4. The third-order valence-electron chi connectivity index (χ3n) is 3.06. The van der Waals surface area contributed by atoms with Gasteiger partial charge in [0.25, 0.3) is 0 Å². The van der Waals surface area contributed by atoms with E-state index in [9.17, 15) is 4.39 Å². The average Bonchev–Trinajstić information content (AvgIpc) is 2.86. The monoisotopic (exact) mass is 326 g/mol. The fraction of sp³-hybridized carbons (Fsp3) is 0.385. The van der Waals surface area contributed by atoms with Gasteiger partial charge in [0.15, 0.2) is 0 Å². The van der Waals surface area contributed by atoms with E-state index in [2.05, 4.69) is 31.3 Å². The molecule has 0 fully saturated rings. The summed E-state index contributed by atoms with van der Waals surface area (Å²) in [4.78, 5) is 4.26. The molecule has 19 heavy (non-hydrogen) atoms. The summed E-state index contributed by atoms with van der Waals surface area (Å²) in [5, 5.41) is 7.35. The normalized spacial score (nSPS) is 12.6. The second kappa shape index (κ2) is 6.25. The number of nitrogens with zero attached hydrogens (tertiary/aromatic N) is 3. The summed E-state index contributed by atoms with van der Waals surface area (Å²) in [7, 11) is 1.86. The molecule has 0 spiro atoms. The molecule has 0 aliphatic heterocycles. The molecule has 0 radical (unpaired) electrons. The molecule has 0 saturated heterocycles. The van der Waals surface area contributed by atoms with Crippen LogP contribution in [0.4, 0.5) is 4.39 Å². The molecular weight excluding hydrogens is 311 g/mol. The van der Waals surface area contributed by atoms with E-state index in [0.717, 1.165) is 22.4 Å². The first-order valence-corrected chi connectivity index (χ1v) is 6.94. The molecule has 0 amide bonds. The Morgan fingerprint density at radius 3 is 2.95 bits per heavy atom. The van der Waals surface area contributed by atoms with E-state index in [1.807, 2.05) is 18.7 Å². The van der Waals surface area contributed by atoms with Gasteiger partial charge >= 0.3 is 0 Å². The summed E-state index contributed by atoms with van der Waals surface area (Å²) >= 11 is 3.46. The summed E-state index contributed by atoms with van der Waals surface area (Å²) in [5.74, 6) is 0.647. The summed E-state index contributed by atoms with van der Waals surface area (Å²) in [6.45, 7) is 2.79. The van der Waals surface area contributed by atoms with Crippen molar-refractivity contribution >= 4 is 15.9 Å². The Balaban J connectivity index is 2.27. The highest BCUT2D eigenvalue weighted by molar-refractivity contribution is 9.10. The predicted molar refractivity (Wildman–Crippen MR) is 75.3 cm³/mol. The molecule has 0 aliphatic rings. The lowest BCUT2D eigenvalue weighted by Gasteiger charge is -2.18. The number of hydrogen-bond acceptors (Lipinski definition) is 3. The zero-order chi connectivity index (χ0) is 13.8. The van der Waals surface area contributed by atoms with Gasteiger partial charge in [-0.1, -0.05) is 15.9 Å². The first kappa shape index (κ1) is 14.1. The summed E-state index contributed by atoms with van der Waals surface area (Å²) < 4.78 is 16.1. The first-order chi connectivity index (χ1) is 9.15. The molecule has 1 N–H and O–H groups in total. The van der Waals surface area contributed by atoms with Gasteiger partial charge in [-0.2, -0.15) is 5.10 Å². The minimum Gasteiger partial charge on any atom is -0.313 e. The number of hydrogen-bond donors (Lipinski definition) is 1. The summed E-state index contributed by atoms with van der Waals surface area (Å²) in [6.07, 6.45) is 2.21. The van der Waals surface area contributed by atoms with Crippen molar-refractivity contribution in [2.24, 2.45) is 0 Å². The molecular formula is C13H16BrFN4. The van der Waals surface area contributed by atoms with E-state index >= 15 is 0 Å². The smallest absolute Gasteiger partial charge is 0.138 e. The van der Waals surface area contributed by atoms with Crippen molar-refractivity contribution in [3.8, 4) is 0 Å². The molecule has 1 atom stereocenters. The van der Waals surface area contributed by atoms with Crippen LogP contribution < -0.4 is 5.32 Å². The Morgan fingerprint density at radius 2 is 2.26 bits per heavy atom. The van der Waals surface area contributed by atoms with Gasteiger partial charge < -0.3 is 5.32 Å². The van der Waals surface area contributed by atoms with E-state index in [4.69, 9.17) is 0 Å². The second-order valence-corrected chi connectivity index (χ2v) is 5.06. The number of aryl methyl sites for hydroxylation is 1. The number of likely N-dealkylation sites (N-methyl/N-ethyl adjacent to an activating group) is 1. The van der Waals surface area contributed by atoms with E-state index in [1.54, 1.807) is 12.4 Å². The van der Waals surface area contributed by atoms with Crippen LogP contribution in [-0.4, -0.2) is 21.8 Å². The van der Waals surface area contributed by atoms with Crippen molar-refractivity contribution in [3.63, 3.8) is 0 Å². The molecule has 102 valence electrons. The van der Waals surface area contributed by atoms with Gasteiger partial charge in [0.05, 0.1) is 0 Å². The number of benzene rings is 1. The van der Waals surface area contributed by atoms with Crippen molar-refractivity contribution in [1.29, 1.82) is 0 Å². The fourth-order valence-electron chi connectivity index (χ4n) is 2.04. The van der Waals surface area contributed by atoms with Crippen LogP contribution in [0, 0.1) is 5.82 Å². The van der Waals surface area contributed by atoms with Gasteiger partial charge in [0.1, 0.15) is 18.0 Å². The Kier molecular flexibility index (Phi) is 4.66. The van der Waals surface area contributed by atoms with Crippen molar-refractivity contribution in [2.75, 3.05) is 7.05 Å². The number of rotatable bonds is 5. The van der Waals surface area contributed by atoms with Crippen LogP contribution in [0.5, 0.6) is 0 Å². The van der Waals surface area contributed by atoms with E-state index in [0.29, 0.717) is 6.42 Å². The minimum atomic E-state index is -0.240. The molecule has 0 bridgehead atoms. The van der Waals surface area contributed by atoms with E-state index in [-0.39, 0.29) is 11.9 Å². The van der Waals surface area contributed by atoms with Crippen molar-refractivity contribution < 1.29 is 4.39 Å². The predicted octanol–water partition coefficient (Wildman–Crippen LogP) is 2.70. The largest absolute Gasteiger partial charge is 0.313 e. The molecule has 4 nitrogen and oxygen atoms in total. The quantitative estimate of drug-likeness (QED) is 0.918. The highest BCUT2D eigenvalue weighted by Gasteiger charge is 2.17. The van der Waals surface area contributed by atoms with Crippen molar-refractivity contribution in [1.82, 2.24) is 20.1 Å². The lowest BCUT2D eigenvalue weighted by Crippen LogP contribution is -2.21. The van der Waals surface area contributed by atoms with E-state index in [1.165, 1.54) is 12.1 Å². The Morgan fingerprint density at radius 1 is 1.47 bits per heavy atom. The van der Waals surface area contributed by atoms with Crippen molar-refractivity contribution in [2.45, 2.75) is 25.9 Å². The zero-order valence-electron chi connectivity index (χ0n) is 10.9. The Labute approximate surface area is 120 Å². The average molecular weight is 327 g/mol. The summed E-state index contributed by atoms with van der Waals surface area (Å²) in [6, 6.07) is 4.69. The highest BCUT2D eigenvalue weighted by atomic mass is 79.9. The lowest BCUT2D eigenvalue weighted by atomic mass is 10.0. The van der Waals surface area contributed by atoms with Gasteiger partial charge in [0, 0.05) is 23.5 Å². The molecule has 6 heteroatoms. The number of nitrogens with one attached hydrogen (secondary N) is 1. The van der Waals surface area contributed by atoms with Gasteiger partial charge in [-0.15, -0.1) is 0 Å². The van der Waals surface area contributed by atoms with Crippen LogP contribution in [0.25, 0.3) is 0 Å². The topological polar surface area (TPSA) is 42.7 Å². The van der Waals surface area contributed by atoms with Gasteiger partial charge in [-0.05, 0) is 37.7 Å². The molecule has 2 rings (SSSR count). The third-order valence-corrected chi connectivity index (χ3v) is 3.79. The molecule has 1 unspecified atom stereocenters. The Bertz CT molecular complexity index is 555. The fourth-order valence-corrected chi connectivity index (χ4v) is 2.57. The maximum absolute atomic E-state index is 13.4. The molecule has 1 heterocycles. The van der Waals surface area contributed by atoms with Crippen LogP contribution >= 0.6 is 15.9 Å². The third kappa shape index (κ3) is 3.19. The minimum absolute atomic E-state index is 0.0143. The van der Waals surface area contributed by atoms with Gasteiger partial charge in [-0.3, -0.25) is 4.68 Å². The molecule has 1 aromatic carbocycles. The number of halogens is 2. The highest BCUT2D eigenvalue weighted by Crippen LogP contribution is 2.26. The number of aromatic nitrogens is 3. The van der Waals surface area contributed by atoms with Crippen molar-refractivity contribution in [3.05, 3.63) is 46.2 Å². The SMILES string of the molecule is CCn1ncnc1CC(NC)c1cc(F)ccc1Br. The van der Waals surface area contributed by atoms with Gasteiger partial charge in [0.2, 0.25) is 0 Å². The second-order valence-electron chi connectivity index (χ2n) is 4.20. The molecule has 0 aliphatic carbocycles. The lowest BCUT2D eigenvalue weighted by molar-refractivity contribution is 0.528.